The predicted molar refractivity (Wildman–Crippen MR) is 97.5 cm³/mol. The van der Waals surface area contributed by atoms with Crippen molar-refractivity contribution in [2.45, 2.75) is 12.7 Å². The quantitative estimate of drug-likeness (QED) is 0.793. The van der Waals surface area contributed by atoms with Gasteiger partial charge in [-0.3, -0.25) is 15.0 Å². The Labute approximate surface area is 164 Å². The van der Waals surface area contributed by atoms with E-state index in [2.05, 4.69) is 10.6 Å². The highest BCUT2D eigenvalue weighted by molar-refractivity contribution is 6.01. The Morgan fingerprint density at radius 3 is 2.59 bits per heavy atom. The molecule has 29 heavy (non-hydrogen) atoms. The molecule has 0 aromatic heterocycles. The monoisotopic (exact) mass is 409 g/mol. The number of imide groups is 1. The number of ether oxygens (including phenoxy) is 2. The molecule has 0 saturated carbocycles. The largest absolute Gasteiger partial charge is 0.454 e. The fourth-order valence-electron chi connectivity index (χ4n) is 2.83. The number of fused-ring (bicyclic) bond motifs is 1. The third kappa shape index (κ3) is 5.38. The van der Waals surface area contributed by atoms with Crippen molar-refractivity contribution >= 4 is 17.6 Å². The predicted octanol–water partition coefficient (Wildman–Crippen LogP) is 3.21. The van der Waals surface area contributed by atoms with Crippen LogP contribution in [0.5, 0.6) is 11.5 Å². The van der Waals surface area contributed by atoms with E-state index in [4.69, 9.17) is 9.47 Å². The van der Waals surface area contributed by atoms with Crippen molar-refractivity contribution in [3.63, 3.8) is 0 Å². The molecule has 1 aliphatic heterocycles. The molecule has 0 saturated heterocycles. The zero-order valence-electron chi connectivity index (χ0n) is 15.4. The molecule has 0 radical (unpaired) electrons. The van der Waals surface area contributed by atoms with Gasteiger partial charge in [-0.15, -0.1) is 0 Å². The Balaban J connectivity index is 1.52. The van der Waals surface area contributed by atoms with Gasteiger partial charge in [0.25, 0.3) is 0 Å². The summed E-state index contributed by atoms with van der Waals surface area (Å²) in [5, 5.41) is 4.61. The lowest BCUT2D eigenvalue weighted by Crippen LogP contribution is -2.40. The number of nitrogens with zero attached hydrogens (tertiary/aromatic N) is 1. The lowest BCUT2D eigenvalue weighted by molar-refractivity contribution is -0.138. The molecule has 0 aliphatic carbocycles. The fourth-order valence-corrected chi connectivity index (χ4v) is 2.83. The number of carbonyl (C=O) groups is 2. The van der Waals surface area contributed by atoms with Crippen molar-refractivity contribution in [1.29, 1.82) is 0 Å². The van der Waals surface area contributed by atoms with Crippen molar-refractivity contribution in [2.75, 3.05) is 25.7 Å². The van der Waals surface area contributed by atoms with Gasteiger partial charge in [-0.2, -0.15) is 13.2 Å². The van der Waals surface area contributed by atoms with Crippen LogP contribution in [0, 0.1) is 0 Å². The Morgan fingerprint density at radius 2 is 1.83 bits per heavy atom. The van der Waals surface area contributed by atoms with E-state index in [1.165, 1.54) is 30.1 Å². The minimum atomic E-state index is -4.48. The molecule has 0 fully saturated rings. The summed E-state index contributed by atoms with van der Waals surface area (Å²) < 4.78 is 49.5. The molecule has 1 heterocycles. The topological polar surface area (TPSA) is 79.9 Å². The lowest BCUT2D eigenvalue weighted by Gasteiger charge is -2.19. The lowest BCUT2D eigenvalue weighted by atomic mass is 10.1. The Kier molecular flexibility index (Phi) is 5.92. The van der Waals surface area contributed by atoms with Gasteiger partial charge in [-0.05, 0) is 30.8 Å². The highest BCUT2D eigenvalue weighted by Crippen LogP contribution is 2.34. The number of halogens is 3. The number of nitrogens with one attached hydrogen (secondary N) is 2. The van der Waals surface area contributed by atoms with Gasteiger partial charge in [0.1, 0.15) is 0 Å². The van der Waals surface area contributed by atoms with Gasteiger partial charge in [0, 0.05) is 18.3 Å². The van der Waals surface area contributed by atoms with Crippen LogP contribution in [0.2, 0.25) is 0 Å². The molecule has 10 heteroatoms. The van der Waals surface area contributed by atoms with E-state index in [9.17, 15) is 22.8 Å². The molecule has 1 aliphatic rings. The normalized spacial score (nSPS) is 12.7. The molecule has 0 bridgehead atoms. The van der Waals surface area contributed by atoms with E-state index >= 15 is 0 Å². The van der Waals surface area contributed by atoms with Crippen molar-refractivity contribution in [1.82, 2.24) is 10.2 Å². The molecule has 3 rings (SSSR count). The summed E-state index contributed by atoms with van der Waals surface area (Å²) >= 11 is 0. The number of amides is 3. The number of anilines is 1. The minimum Gasteiger partial charge on any atom is -0.454 e. The summed E-state index contributed by atoms with van der Waals surface area (Å²) in [5.41, 5.74) is -0.320. The van der Waals surface area contributed by atoms with Gasteiger partial charge >= 0.3 is 12.2 Å². The van der Waals surface area contributed by atoms with Gasteiger partial charge in [0.2, 0.25) is 12.7 Å². The number of carbonyl (C=O) groups excluding carboxylic acids is 2. The van der Waals surface area contributed by atoms with Gasteiger partial charge in [-0.1, -0.05) is 18.2 Å². The second-order valence-corrected chi connectivity index (χ2v) is 6.40. The first-order valence-corrected chi connectivity index (χ1v) is 8.56. The van der Waals surface area contributed by atoms with Gasteiger partial charge in [0.15, 0.2) is 11.5 Å². The highest BCUT2D eigenvalue weighted by atomic mass is 19.4. The zero-order chi connectivity index (χ0) is 21.0. The van der Waals surface area contributed by atoms with E-state index in [1.807, 2.05) is 0 Å². The number of hydrogen-bond donors (Lipinski definition) is 2. The summed E-state index contributed by atoms with van der Waals surface area (Å²) in [6.07, 6.45) is -4.48. The van der Waals surface area contributed by atoms with Gasteiger partial charge < -0.3 is 14.8 Å². The van der Waals surface area contributed by atoms with Gasteiger partial charge in [-0.25, -0.2) is 4.79 Å². The number of hydrogen-bond acceptors (Lipinski definition) is 5. The van der Waals surface area contributed by atoms with Crippen LogP contribution in [0.25, 0.3) is 0 Å². The standard InChI is InChI=1S/C19H18F3N3O4/c1-25(9-12-4-2-3-5-14(12)19(20,21)22)10-17(26)24-18(27)23-13-6-7-15-16(8-13)29-11-28-15/h2-8H,9-11H2,1H3,(H2,23,24,26,27). The summed E-state index contributed by atoms with van der Waals surface area (Å²) in [4.78, 5) is 25.4. The molecular formula is C19H18F3N3O4. The first-order chi connectivity index (χ1) is 13.7. The van der Waals surface area contributed by atoms with E-state index in [-0.39, 0.29) is 25.4 Å². The molecule has 2 N–H and O–H groups in total. The zero-order valence-corrected chi connectivity index (χ0v) is 15.4. The maximum Gasteiger partial charge on any atom is 0.416 e. The van der Waals surface area contributed by atoms with Crippen LogP contribution >= 0.6 is 0 Å². The summed E-state index contributed by atoms with van der Waals surface area (Å²) in [7, 11) is 1.49. The van der Waals surface area contributed by atoms with Crippen molar-refractivity contribution in [2.24, 2.45) is 0 Å². The smallest absolute Gasteiger partial charge is 0.416 e. The molecule has 2 aromatic carbocycles. The molecule has 0 atom stereocenters. The average Bonchev–Trinajstić information content (AvgIpc) is 3.08. The number of rotatable bonds is 5. The fraction of sp³-hybridized carbons (Fsp3) is 0.263. The molecular weight excluding hydrogens is 391 g/mol. The third-order valence-corrected chi connectivity index (χ3v) is 4.06. The Bertz CT molecular complexity index is 918. The van der Waals surface area contributed by atoms with Crippen LogP contribution in [0.4, 0.5) is 23.7 Å². The number of likely N-dealkylation sites (N-methyl/N-ethyl adjacent to an activating group) is 1. The number of urea groups is 1. The molecule has 7 nitrogen and oxygen atoms in total. The second-order valence-electron chi connectivity index (χ2n) is 6.40. The SMILES string of the molecule is CN(CC(=O)NC(=O)Nc1ccc2c(c1)OCO2)Cc1ccccc1C(F)(F)F. The van der Waals surface area contributed by atoms with Crippen LogP contribution < -0.4 is 20.1 Å². The average molecular weight is 409 g/mol. The van der Waals surface area contributed by atoms with Crippen LogP contribution in [0.3, 0.4) is 0 Å². The number of alkyl halides is 3. The molecule has 2 aromatic rings. The summed E-state index contributed by atoms with van der Waals surface area (Å²) in [6.45, 7) is -0.277. The second kappa shape index (κ2) is 8.39. The molecule has 0 unspecified atom stereocenters. The minimum absolute atomic E-state index is 0.0418. The van der Waals surface area contributed by atoms with Gasteiger partial charge in [0.05, 0.1) is 12.1 Å². The molecule has 0 spiro atoms. The number of benzene rings is 2. The van der Waals surface area contributed by atoms with E-state index in [0.717, 1.165) is 6.07 Å². The maximum atomic E-state index is 13.1. The summed E-state index contributed by atoms with van der Waals surface area (Å²) in [5.74, 6) is 0.361. The highest BCUT2D eigenvalue weighted by Gasteiger charge is 2.33. The van der Waals surface area contributed by atoms with Crippen LogP contribution in [-0.2, 0) is 17.5 Å². The van der Waals surface area contributed by atoms with Crippen molar-refractivity contribution < 1.29 is 32.2 Å². The van der Waals surface area contributed by atoms with Crippen LogP contribution in [0.1, 0.15) is 11.1 Å². The van der Waals surface area contributed by atoms with Crippen LogP contribution in [-0.4, -0.2) is 37.2 Å². The van der Waals surface area contributed by atoms with E-state index in [0.29, 0.717) is 17.2 Å². The Morgan fingerprint density at radius 1 is 1.10 bits per heavy atom. The van der Waals surface area contributed by atoms with Crippen LogP contribution in [0.15, 0.2) is 42.5 Å². The van der Waals surface area contributed by atoms with Crippen molar-refractivity contribution in [3.8, 4) is 11.5 Å². The Hall–Kier alpha value is -3.27. The first kappa shape index (κ1) is 20.5. The third-order valence-electron chi connectivity index (χ3n) is 4.06. The van der Waals surface area contributed by atoms with E-state index < -0.39 is 23.7 Å². The molecule has 154 valence electrons. The maximum absolute atomic E-state index is 13.1. The van der Waals surface area contributed by atoms with Crippen molar-refractivity contribution in [3.05, 3.63) is 53.6 Å². The summed E-state index contributed by atoms with van der Waals surface area (Å²) in [6, 6.07) is 9.12. The molecule has 3 amide bonds. The van der Waals surface area contributed by atoms with E-state index in [1.54, 1.807) is 18.2 Å². The first-order valence-electron chi connectivity index (χ1n) is 8.56.